The highest BCUT2D eigenvalue weighted by Crippen LogP contribution is 2.29. The fourth-order valence-electron chi connectivity index (χ4n) is 2.08. The van der Waals surface area contributed by atoms with Gasteiger partial charge in [-0.3, -0.25) is 4.79 Å². The van der Waals surface area contributed by atoms with Gasteiger partial charge < -0.3 is 19.9 Å². The molecule has 0 heterocycles. The number of aromatic hydroxyl groups is 1. The molecule has 2 N–H and O–H groups in total. The lowest BCUT2D eigenvalue weighted by molar-refractivity contribution is -0.119. The van der Waals surface area contributed by atoms with Crippen LogP contribution in [0, 0.1) is 13.8 Å². The van der Waals surface area contributed by atoms with E-state index in [1.165, 1.54) is 19.2 Å². The van der Waals surface area contributed by atoms with Crippen molar-refractivity contribution in [3.63, 3.8) is 0 Å². The Balaban J connectivity index is 1.96. The monoisotopic (exact) mass is 329 g/mol. The van der Waals surface area contributed by atoms with Crippen molar-refractivity contribution in [3.8, 4) is 11.5 Å². The van der Waals surface area contributed by atoms with Crippen molar-refractivity contribution in [1.82, 2.24) is 0 Å². The Morgan fingerprint density at radius 3 is 2.54 bits per heavy atom. The molecule has 0 aliphatic rings. The Labute approximate surface area is 140 Å². The van der Waals surface area contributed by atoms with Crippen LogP contribution in [0.1, 0.15) is 21.5 Å². The molecule has 1 amide bonds. The van der Waals surface area contributed by atoms with Crippen molar-refractivity contribution in [2.45, 2.75) is 13.8 Å². The van der Waals surface area contributed by atoms with Crippen molar-refractivity contribution < 1.29 is 24.2 Å². The number of hydrogen-bond donors (Lipinski definition) is 2. The number of carbonyl (C=O) groups is 2. The number of phenolic OH excluding ortho intramolecular Hbond substituents is 1. The Morgan fingerprint density at radius 1 is 1.12 bits per heavy atom. The minimum atomic E-state index is -0.804. The predicted octanol–water partition coefficient (Wildman–Crippen LogP) is 2.81. The number of amides is 1. The van der Waals surface area contributed by atoms with Gasteiger partial charge in [0, 0.05) is 5.69 Å². The fourth-order valence-corrected chi connectivity index (χ4v) is 2.08. The van der Waals surface area contributed by atoms with Gasteiger partial charge in [-0.15, -0.1) is 0 Å². The average Bonchev–Trinajstić information content (AvgIpc) is 2.56. The summed E-state index contributed by atoms with van der Waals surface area (Å²) in [5.41, 5.74) is 2.73. The summed E-state index contributed by atoms with van der Waals surface area (Å²) in [5, 5.41) is 12.5. The van der Waals surface area contributed by atoms with Crippen LogP contribution in [0.25, 0.3) is 0 Å². The van der Waals surface area contributed by atoms with Gasteiger partial charge >= 0.3 is 5.97 Å². The SMILES string of the molecule is COc1cccc(C(=O)OCC(=O)Nc2ccc(C)c(C)c2)c1O. The standard InChI is InChI=1S/C18H19NO5/c1-11-7-8-13(9-12(11)2)19-16(20)10-24-18(22)14-5-4-6-15(23-3)17(14)21/h4-9,21H,10H2,1-3H3,(H,19,20). The molecule has 0 bridgehead atoms. The maximum absolute atomic E-state index is 12.0. The molecule has 2 aromatic rings. The van der Waals surface area contributed by atoms with Gasteiger partial charge in [0.2, 0.25) is 0 Å². The molecule has 0 aliphatic carbocycles. The topological polar surface area (TPSA) is 84.9 Å². The smallest absolute Gasteiger partial charge is 0.342 e. The number of rotatable bonds is 5. The van der Waals surface area contributed by atoms with Crippen LogP contribution in [0.15, 0.2) is 36.4 Å². The van der Waals surface area contributed by atoms with Gasteiger partial charge in [0.05, 0.1) is 7.11 Å². The first-order valence-corrected chi connectivity index (χ1v) is 7.32. The maximum Gasteiger partial charge on any atom is 0.342 e. The number of carbonyl (C=O) groups excluding carboxylic acids is 2. The molecule has 0 aliphatic heterocycles. The zero-order chi connectivity index (χ0) is 17.7. The first-order chi connectivity index (χ1) is 11.4. The lowest BCUT2D eigenvalue weighted by atomic mass is 10.1. The Morgan fingerprint density at radius 2 is 1.88 bits per heavy atom. The second-order valence-electron chi connectivity index (χ2n) is 5.28. The van der Waals surface area contributed by atoms with E-state index in [4.69, 9.17) is 9.47 Å². The van der Waals surface area contributed by atoms with Crippen LogP contribution in [-0.2, 0) is 9.53 Å². The molecule has 0 spiro atoms. The van der Waals surface area contributed by atoms with E-state index in [1.807, 2.05) is 26.0 Å². The third-order valence-corrected chi connectivity index (χ3v) is 3.56. The van der Waals surface area contributed by atoms with Crippen LogP contribution in [0.2, 0.25) is 0 Å². The first kappa shape index (κ1) is 17.3. The van der Waals surface area contributed by atoms with Gasteiger partial charge in [0.15, 0.2) is 18.1 Å². The Bertz CT molecular complexity index is 770. The first-order valence-electron chi connectivity index (χ1n) is 7.32. The van der Waals surface area contributed by atoms with Gasteiger partial charge in [-0.05, 0) is 49.2 Å². The molecular weight excluding hydrogens is 310 g/mol. The van der Waals surface area contributed by atoms with Crippen LogP contribution >= 0.6 is 0 Å². The van der Waals surface area contributed by atoms with E-state index in [-0.39, 0.29) is 17.1 Å². The number of aryl methyl sites for hydroxylation is 2. The van der Waals surface area contributed by atoms with Crippen LogP contribution in [0.5, 0.6) is 11.5 Å². The molecule has 0 radical (unpaired) electrons. The van der Waals surface area contributed by atoms with Crippen LogP contribution in [0.4, 0.5) is 5.69 Å². The summed E-state index contributed by atoms with van der Waals surface area (Å²) in [7, 11) is 1.38. The molecule has 0 saturated carbocycles. The summed E-state index contributed by atoms with van der Waals surface area (Å²) in [6.07, 6.45) is 0. The number of esters is 1. The molecular formula is C18H19NO5. The summed E-state index contributed by atoms with van der Waals surface area (Å²) in [6, 6.07) is 9.95. The second kappa shape index (κ2) is 7.50. The number of para-hydroxylation sites is 1. The normalized spacial score (nSPS) is 10.1. The predicted molar refractivity (Wildman–Crippen MR) is 89.5 cm³/mol. The lowest BCUT2D eigenvalue weighted by Crippen LogP contribution is -2.21. The van der Waals surface area contributed by atoms with Gasteiger partial charge in [-0.25, -0.2) is 4.79 Å². The molecule has 0 atom stereocenters. The van der Waals surface area contributed by atoms with E-state index in [0.29, 0.717) is 5.69 Å². The zero-order valence-electron chi connectivity index (χ0n) is 13.8. The van der Waals surface area contributed by atoms with E-state index in [1.54, 1.807) is 12.1 Å². The van der Waals surface area contributed by atoms with Crippen LogP contribution in [0.3, 0.4) is 0 Å². The number of hydrogen-bond acceptors (Lipinski definition) is 5. The molecule has 0 aromatic heterocycles. The molecule has 0 unspecified atom stereocenters. The van der Waals surface area contributed by atoms with Gasteiger partial charge in [0.1, 0.15) is 5.56 Å². The third kappa shape index (κ3) is 4.04. The van der Waals surface area contributed by atoms with Crippen LogP contribution in [-0.4, -0.2) is 30.7 Å². The minimum Gasteiger partial charge on any atom is -0.504 e. The third-order valence-electron chi connectivity index (χ3n) is 3.56. The van der Waals surface area contributed by atoms with Crippen molar-refractivity contribution in [1.29, 1.82) is 0 Å². The highest BCUT2D eigenvalue weighted by atomic mass is 16.5. The largest absolute Gasteiger partial charge is 0.504 e. The quantitative estimate of drug-likeness (QED) is 0.824. The van der Waals surface area contributed by atoms with Crippen LogP contribution < -0.4 is 10.1 Å². The molecule has 6 heteroatoms. The Hall–Kier alpha value is -3.02. The number of methoxy groups -OCH3 is 1. The highest BCUT2D eigenvalue weighted by molar-refractivity contribution is 5.97. The Kier molecular flexibility index (Phi) is 5.42. The average molecular weight is 329 g/mol. The van der Waals surface area contributed by atoms with Gasteiger partial charge in [-0.1, -0.05) is 12.1 Å². The number of nitrogens with one attached hydrogen (secondary N) is 1. The second-order valence-corrected chi connectivity index (χ2v) is 5.28. The van der Waals surface area contributed by atoms with E-state index in [2.05, 4.69) is 5.32 Å². The zero-order valence-corrected chi connectivity index (χ0v) is 13.8. The molecule has 24 heavy (non-hydrogen) atoms. The van der Waals surface area contributed by atoms with Crippen molar-refractivity contribution in [2.24, 2.45) is 0 Å². The molecule has 0 fully saturated rings. The summed E-state index contributed by atoms with van der Waals surface area (Å²) in [6.45, 7) is 3.46. The number of ether oxygens (including phenoxy) is 2. The van der Waals surface area contributed by atoms with Gasteiger partial charge in [0.25, 0.3) is 5.91 Å². The molecule has 2 aromatic carbocycles. The van der Waals surface area contributed by atoms with E-state index < -0.39 is 18.5 Å². The number of phenols is 1. The maximum atomic E-state index is 12.0. The minimum absolute atomic E-state index is 0.0617. The summed E-state index contributed by atoms with van der Waals surface area (Å²) < 4.78 is 9.85. The van der Waals surface area contributed by atoms with E-state index >= 15 is 0 Å². The lowest BCUT2D eigenvalue weighted by Gasteiger charge is -2.10. The van der Waals surface area contributed by atoms with Crippen molar-refractivity contribution in [2.75, 3.05) is 19.0 Å². The molecule has 126 valence electrons. The summed E-state index contributed by atoms with van der Waals surface area (Å²) >= 11 is 0. The number of benzene rings is 2. The summed E-state index contributed by atoms with van der Waals surface area (Å²) in [4.78, 5) is 23.8. The van der Waals surface area contributed by atoms with Crippen molar-refractivity contribution in [3.05, 3.63) is 53.1 Å². The van der Waals surface area contributed by atoms with E-state index in [9.17, 15) is 14.7 Å². The van der Waals surface area contributed by atoms with Crippen molar-refractivity contribution >= 4 is 17.6 Å². The van der Waals surface area contributed by atoms with E-state index in [0.717, 1.165) is 11.1 Å². The molecule has 2 rings (SSSR count). The molecule has 6 nitrogen and oxygen atoms in total. The highest BCUT2D eigenvalue weighted by Gasteiger charge is 2.17. The van der Waals surface area contributed by atoms with Gasteiger partial charge in [-0.2, -0.15) is 0 Å². The summed E-state index contributed by atoms with van der Waals surface area (Å²) in [5.74, 6) is -1.43. The molecule has 0 saturated heterocycles. The fraction of sp³-hybridized carbons (Fsp3) is 0.222. The number of anilines is 1.